The van der Waals surface area contributed by atoms with Crippen LogP contribution in [0.5, 0.6) is 0 Å². The van der Waals surface area contributed by atoms with Crippen molar-refractivity contribution in [1.29, 1.82) is 0 Å². The maximum Gasteiger partial charge on any atom is 0.301 e. The molecule has 1 aromatic carbocycles. The highest BCUT2D eigenvalue weighted by atomic mass is 16.6. The van der Waals surface area contributed by atoms with Crippen molar-refractivity contribution in [2.24, 2.45) is 0 Å². The average Bonchev–Trinajstić information content (AvgIpc) is 2.84. The Morgan fingerprint density at radius 2 is 1.86 bits per heavy atom. The molecule has 0 atom stereocenters. The van der Waals surface area contributed by atoms with Gasteiger partial charge in [-0.25, -0.2) is 4.68 Å². The molecule has 0 fully saturated rings. The predicted octanol–water partition coefficient (Wildman–Crippen LogP) is 2.88. The molecule has 0 aliphatic heterocycles. The third-order valence-corrected chi connectivity index (χ3v) is 3.98. The molecule has 1 aromatic heterocycles. The number of hydrogen-bond acceptors (Lipinski definition) is 5. The number of aromatic nitrogens is 2. The fourth-order valence-electron chi connectivity index (χ4n) is 2.93. The lowest BCUT2D eigenvalue weighted by molar-refractivity contribution is -0.394. The topological polar surface area (TPSA) is 104 Å². The van der Waals surface area contributed by atoms with E-state index in [0.29, 0.717) is 0 Å². The van der Waals surface area contributed by atoms with E-state index in [1.54, 1.807) is 4.68 Å². The van der Waals surface area contributed by atoms with E-state index < -0.39 is 9.85 Å². The first-order valence-corrected chi connectivity index (χ1v) is 6.99. The Morgan fingerprint density at radius 3 is 2.55 bits per heavy atom. The van der Waals surface area contributed by atoms with Gasteiger partial charge in [-0.15, -0.1) is 0 Å². The first-order chi connectivity index (χ1) is 10.5. The summed E-state index contributed by atoms with van der Waals surface area (Å²) in [5.74, 6) is 0. The summed E-state index contributed by atoms with van der Waals surface area (Å²) in [6, 6.07) is 3.66. The smallest absolute Gasteiger partial charge is 0.258 e. The number of fused-ring (bicyclic) bond motifs is 1. The summed E-state index contributed by atoms with van der Waals surface area (Å²) in [4.78, 5) is 20.9. The van der Waals surface area contributed by atoms with Gasteiger partial charge in [0.1, 0.15) is 5.69 Å². The minimum atomic E-state index is -0.638. The van der Waals surface area contributed by atoms with E-state index in [0.717, 1.165) is 48.7 Å². The molecular weight excluding hydrogens is 288 g/mol. The second-order valence-corrected chi connectivity index (χ2v) is 5.32. The quantitative estimate of drug-likeness (QED) is 0.640. The molecule has 0 unspecified atom stereocenters. The van der Waals surface area contributed by atoms with Gasteiger partial charge >= 0.3 is 5.69 Å². The number of non-ortho nitro benzene ring substituents is 1. The van der Waals surface area contributed by atoms with Gasteiger partial charge in [0.2, 0.25) is 0 Å². The zero-order valence-electron chi connectivity index (χ0n) is 12.0. The van der Waals surface area contributed by atoms with E-state index in [4.69, 9.17) is 0 Å². The Kier molecular flexibility index (Phi) is 3.36. The van der Waals surface area contributed by atoms with Gasteiger partial charge < -0.3 is 0 Å². The number of nitrogens with zero attached hydrogens (tertiary/aromatic N) is 4. The molecule has 0 amide bonds. The summed E-state index contributed by atoms with van der Waals surface area (Å²) in [7, 11) is 0. The van der Waals surface area contributed by atoms with Crippen LogP contribution in [0, 0.1) is 27.2 Å². The molecule has 8 nitrogen and oxygen atoms in total. The van der Waals surface area contributed by atoms with Gasteiger partial charge in [-0.05, 0) is 44.2 Å². The molecule has 0 saturated heterocycles. The third-order valence-electron chi connectivity index (χ3n) is 3.98. The van der Waals surface area contributed by atoms with Crippen molar-refractivity contribution in [1.82, 2.24) is 9.78 Å². The second-order valence-electron chi connectivity index (χ2n) is 5.32. The molecule has 0 saturated carbocycles. The molecule has 1 aliphatic carbocycles. The largest absolute Gasteiger partial charge is 0.301 e. The molecule has 2 aromatic rings. The van der Waals surface area contributed by atoms with Crippen LogP contribution in [0.25, 0.3) is 5.69 Å². The number of nitro benzene ring substituents is 2. The average molecular weight is 302 g/mol. The highest BCUT2D eigenvalue weighted by Gasteiger charge is 2.26. The van der Waals surface area contributed by atoms with Gasteiger partial charge in [0.15, 0.2) is 0 Å². The number of rotatable bonds is 3. The van der Waals surface area contributed by atoms with Gasteiger partial charge in [-0.3, -0.25) is 20.2 Å². The highest BCUT2D eigenvalue weighted by Crippen LogP contribution is 2.32. The summed E-state index contributed by atoms with van der Waals surface area (Å²) in [6.45, 7) is 1.89. The number of hydrogen-bond donors (Lipinski definition) is 0. The summed E-state index contributed by atoms with van der Waals surface area (Å²) < 4.78 is 1.58. The molecule has 0 radical (unpaired) electrons. The van der Waals surface area contributed by atoms with Crippen molar-refractivity contribution in [3.05, 3.63) is 55.4 Å². The van der Waals surface area contributed by atoms with E-state index in [9.17, 15) is 20.2 Å². The monoisotopic (exact) mass is 302 g/mol. The lowest BCUT2D eigenvalue weighted by atomic mass is 9.96. The van der Waals surface area contributed by atoms with Crippen LogP contribution in [0.15, 0.2) is 18.2 Å². The van der Waals surface area contributed by atoms with Crippen LogP contribution >= 0.6 is 0 Å². The highest BCUT2D eigenvalue weighted by molar-refractivity contribution is 5.58. The summed E-state index contributed by atoms with van der Waals surface area (Å²) in [5.41, 5.74) is 2.65. The minimum Gasteiger partial charge on any atom is -0.258 e. The van der Waals surface area contributed by atoms with Crippen LogP contribution < -0.4 is 0 Å². The van der Waals surface area contributed by atoms with Crippen molar-refractivity contribution in [3.8, 4) is 5.69 Å². The van der Waals surface area contributed by atoms with Crippen molar-refractivity contribution < 1.29 is 9.85 Å². The Labute approximate surface area is 125 Å². The van der Waals surface area contributed by atoms with Crippen molar-refractivity contribution in [3.63, 3.8) is 0 Å². The molecule has 8 heteroatoms. The van der Waals surface area contributed by atoms with Gasteiger partial charge in [0.05, 0.1) is 21.6 Å². The Balaban J connectivity index is 2.20. The Bertz CT molecular complexity index is 781. The van der Waals surface area contributed by atoms with Crippen molar-refractivity contribution >= 4 is 11.4 Å². The molecular formula is C14H14N4O4. The lowest BCUT2D eigenvalue weighted by Gasteiger charge is -2.14. The Hall–Kier alpha value is -2.77. The van der Waals surface area contributed by atoms with E-state index in [1.807, 2.05) is 6.92 Å². The van der Waals surface area contributed by atoms with Crippen LogP contribution in [-0.2, 0) is 12.8 Å². The number of nitro groups is 2. The molecule has 0 spiro atoms. The van der Waals surface area contributed by atoms with Crippen LogP contribution in [0.4, 0.5) is 11.4 Å². The molecule has 0 bridgehead atoms. The molecule has 114 valence electrons. The minimum absolute atomic E-state index is 0.279. The number of benzene rings is 1. The summed E-state index contributed by atoms with van der Waals surface area (Å²) >= 11 is 0. The SMILES string of the molecule is Cc1nn(-c2ccc([N+](=O)[O-])cc2[N+](=O)[O-])c2c1CCCC2. The van der Waals surface area contributed by atoms with Gasteiger partial charge in [0, 0.05) is 11.8 Å². The molecule has 0 N–H and O–H groups in total. The van der Waals surface area contributed by atoms with Gasteiger partial charge in [0.25, 0.3) is 5.69 Å². The first-order valence-electron chi connectivity index (χ1n) is 6.99. The van der Waals surface area contributed by atoms with E-state index >= 15 is 0 Å². The maximum atomic E-state index is 11.3. The lowest BCUT2D eigenvalue weighted by Crippen LogP contribution is -2.09. The molecule has 3 rings (SSSR count). The number of aryl methyl sites for hydroxylation is 1. The Morgan fingerprint density at radius 1 is 1.14 bits per heavy atom. The third kappa shape index (κ3) is 2.22. The van der Waals surface area contributed by atoms with Gasteiger partial charge in [-0.1, -0.05) is 0 Å². The van der Waals surface area contributed by atoms with Crippen molar-refractivity contribution in [2.45, 2.75) is 32.6 Å². The predicted molar refractivity (Wildman–Crippen MR) is 78.3 cm³/mol. The van der Waals surface area contributed by atoms with Crippen LogP contribution in [-0.4, -0.2) is 19.6 Å². The molecule has 1 aliphatic rings. The van der Waals surface area contributed by atoms with E-state index in [1.165, 1.54) is 12.1 Å². The van der Waals surface area contributed by atoms with Crippen LogP contribution in [0.1, 0.15) is 29.8 Å². The standard InChI is InChI=1S/C14H14N4O4/c1-9-11-4-2-3-5-12(11)16(15-9)13-7-6-10(17(19)20)8-14(13)18(21)22/h6-8H,2-5H2,1H3. The summed E-state index contributed by atoms with van der Waals surface area (Å²) in [5, 5.41) is 26.5. The van der Waals surface area contributed by atoms with Crippen LogP contribution in [0.2, 0.25) is 0 Å². The molecule has 1 heterocycles. The van der Waals surface area contributed by atoms with Gasteiger partial charge in [-0.2, -0.15) is 5.10 Å². The first kappa shape index (κ1) is 14.2. The fraction of sp³-hybridized carbons (Fsp3) is 0.357. The zero-order chi connectivity index (χ0) is 15.9. The van der Waals surface area contributed by atoms with Crippen molar-refractivity contribution in [2.75, 3.05) is 0 Å². The molecule has 22 heavy (non-hydrogen) atoms. The second kappa shape index (κ2) is 5.21. The normalized spacial score (nSPS) is 13.7. The summed E-state index contributed by atoms with van der Waals surface area (Å²) in [6.07, 6.45) is 3.83. The van der Waals surface area contributed by atoms with E-state index in [2.05, 4.69) is 5.10 Å². The fourth-order valence-corrected chi connectivity index (χ4v) is 2.93. The zero-order valence-corrected chi connectivity index (χ0v) is 12.0. The maximum absolute atomic E-state index is 11.3. The van der Waals surface area contributed by atoms with E-state index in [-0.39, 0.29) is 17.1 Å². The van der Waals surface area contributed by atoms with Crippen LogP contribution in [0.3, 0.4) is 0 Å².